The van der Waals surface area contributed by atoms with E-state index in [1.54, 1.807) is 11.1 Å². The second kappa shape index (κ2) is 8.88. The van der Waals surface area contributed by atoms with Crippen LogP contribution in [-0.4, -0.2) is 72.5 Å². The van der Waals surface area contributed by atoms with Gasteiger partial charge in [0.15, 0.2) is 11.5 Å². The minimum atomic E-state index is -0.316. The van der Waals surface area contributed by atoms with Gasteiger partial charge in [0, 0.05) is 38.2 Å². The average Bonchev–Trinajstić information content (AvgIpc) is 3.46. The second-order valence-corrected chi connectivity index (χ2v) is 8.34. The van der Waals surface area contributed by atoms with Crippen molar-refractivity contribution < 1.29 is 18.7 Å². The van der Waals surface area contributed by atoms with Crippen molar-refractivity contribution in [3.05, 3.63) is 59.4 Å². The van der Waals surface area contributed by atoms with Gasteiger partial charge in [-0.1, -0.05) is 25.1 Å². The Hall–Kier alpha value is -2.97. The summed E-state index contributed by atoms with van der Waals surface area (Å²) in [7, 11) is 0. The number of fused-ring (bicyclic) bond motifs is 1. The van der Waals surface area contributed by atoms with Gasteiger partial charge in [-0.15, -0.1) is 0 Å². The van der Waals surface area contributed by atoms with Crippen LogP contribution in [0.15, 0.2) is 47.6 Å². The molecule has 0 radical (unpaired) electrons. The van der Waals surface area contributed by atoms with E-state index in [-0.39, 0.29) is 24.6 Å². The molecule has 3 aliphatic heterocycles. The molecule has 0 bridgehead atoms. The number of halogens is 1. The third kappa shape index (κ3) is 4.20. The molecule has 1 saturated heterocycles. The molecule has 1 amide bonds. The summed E-state index contributed by atoms with van der Waals surface area (Å²) in [5, 5.41) is 6.25. The molecule has 0 aliphatic carbocycles. The Kier molecular flexibility index (Phi) is 5.80. The number of amides is 1. The first-order valence-electron chi connectivity index (χ1n) is 11.1. The summed E-state index contributed by atoms with van der Waals surface area (Å²) in [6.07, 6.45) is 0.512. The van der Waals surface area contributed by atoms with Crippen molar-refractivity contribution in [3.63, 3.8) is 0 Å². The summed E-state index contributed by atoms with van der Waals surface area (Å²) in [6, 6.07) is 11.8. The van der Waals surface area contributed by atoms with Crippen molar-refractivity contribution in [1.29, 1.82) is 0 Å². The van der Waals surface area contributed by atoms with E-state index < -0.39 is 0 Å². The highest BCUT2D eigenvalue weighted by atomic mass is 19.1. The zero-order valence-corrected chi connectivity index (χ0v) is 18.2. The van der Waals surface area contributed by atoms with Crippen LogP contribution in [0.5, 0.6) is 11.5 Å². The Balaban J connectivity index is 1.39. The molecule has 168 valence electrons. The second-order valence-electron chi connectivity index (χ2n) is 8.34. The summed E-state index contributed by atoms with van der Waals surface area (Å²) < 4.78 is 24.8. The summed E-state index contributed by atoms with van der Waals surface area (Å²) in [6.45, 7) is 7.36. The number of piperazine rings is 1. The minimum absolute atomic E-state index is 0.0518. The molecule has 0 spiro atoms. The van der Waals surface area contributed by atoms with E-state index in [0.717, 1.165) is 38.3 Å². The predicted octanol–water partition coefficient (Wildman–Crippen LogP) is 2.87. The summed E-state index contributed by atoms with van der Waals surface area (Å²) >= 11 is 0. The maximum atomic E-state index is 13.8. The number of hydrogen-bond acceptors (Lipinski definition) is 6. The van der Waals surface area contributed by atoms with E-state index >= 15 is 0 Å². The van der Waals surface area contributed by atoms with E-state index in [2.05, 4.69) is 21.8 Å². The maximum absolute atomic E-state index is 13.8. The Morgan fingerprint density at radius 1 is 1.06 bits per heavy atom. The van der Waals surface area contributed by atoms with Gasteiger partial charge >= 0.3 is 0 Å². The van der Waals surface area contributed by atoms with Gasteiger partial charge in [-0.3, -0.25) is 9.69 Å². The van der Waals surface area contributed by atoms with Crippen molar-refractivity contribution in [1.82, 2.24) is 14.8 Å². The molecule has 7 nitrogen and oxygen atoms in total. The van der Waals surface area contributed by atoms with Gasteiger partial charge in [0.2, 0.25) is 6.79 Å². The van der Waals surface area contributed by atoms with Gasteiger partial charge in [0.25, 0.3) is 5.91 Å². The van der Waals surface area contributed by atoms with E-state index in [1.807, 2.05) is 24.3 Å². The molecule has 1 fully saturated rings. The highest BCUT2D eigenvalue weighted by Crippen LogP contribution is 2.39. The Bertz CT molecular complexity index is 1040. The van der Waals surface area contributed by atoms with Crippen LogP contribution in [0.4, 0.5) is 4.39 Å². The van der Waals surface area contributed by atoms with Gasteiger partial charge in [0.05, 0.1) is 18.3 Å². The van der Waals surface area contributed by atoms with Crippen molar-refractivity contribution in [2.24, 2.45) is 5.10 Å². The van der Waals surface area contributed by atoms with Crippen molar-refractivity contribution in [2.45, 2.75) is 19.4 Å². The van der Waals surface area contributed by atoms with Gasteiger partial charge in [0.1, 0.15) is 5.82 Å². The van der Waals surface area contributed by atoms with Crippen LogP contribution < -0.4 is 9.47 Å². The van der Waals surface area contributed by atoms with Crippen LogP contribution in [0, 0.1) is 5.82 Å². The molecule has 2 aromatic rings. The topological polar surface area (TPSA) is 57.6 Å². The summed E-state index contributed by atoms with van der Waals surface area (Å²) in [5.74, 6) is 1.00. The number of benzene rings is 2. The number of carbonyl (C=O) groups is 1. The molecule has 5 rings (SSSR count). The molecule has 3 aliphatic rings. The van der Waals surface area contributed by atoms with Gasteiger partial charge in [-0.25, -0.2) is 9.40 Å². The SMILES string of the molecule is CCN1CCN(CC(=O)N2N=C(c3cccc(F)c3)C[C@@H]2c2ccc3c(c2)OCO3)CC1. The normalized spacial score (nSPS) is 21.1. The number of ether oxygens (including phenoxy) is 2. The number of rotatable bonds is 5. The van der Waals surface area contributed by atoms with Crippen LogP contribution in [0.3, 0.4) is 0 Å². The molecule has 0 unspecified atom stereocenters. The number of hydrazone groups is 1. The Morgan fingerprint density at radius 2 is 1.84 bits per heavy atom. The highest BCUT2D eigenvalue weighted by molar-refractivity contribution is 6.03. The quantitative estimate of drug-likeness (QED) is 0.719. The molecular formula is C24H27FN4O3. The minimum Gasteiger partial charge on any atom is -0.454 e. The maximum Gasteiger partial charge on any atom is 0.257 e. The first-order valence-corrected chi connectivity index (χ1v) is 11.1. The molecule has 8 heteroatoms. The van der Waals surface area contributed by atoms with Gasteiger partial charge in [-0.2, -0.15) is 5.10 Å². The molecule has 0 saturated carbocycles. The molecule has 3 heterocycles. The molecule has 1 atom stereocenters. The smallest absolute Gasteiger partial charge is 0.257 e. The summed E-state index contributed by atoms with van der Waals surface area (Å²) in [5.41, 5.74) is 2.33. The van der Waals surface area contributed by atoms with Crippen LogP contribution in [0.1, 0.15) is 30.5 Å². The first-order chi connectivity index (χ1) is 15.6. The van der Waals surface area contributed by atoms with E-state index in [4.69, 9.17) is 9.47 Å². The zero-order chi connectivity index (χ0) is 22.1. The number of carbonyl (C=O) groups excluding carboxylic acids is 1. The molecule has 32 heavy (non-hydrogen) atoms. The third-order valence-electron chi connectivity index (χ3n) is 6.38. The van der Waals surface area contributed by atoms with Crippen molar-refractivity contribution in [3.8, 4) is 11.5 Å². The highest BCUT2D eigenvalue weighted by Gasteiger charge is 2.35. The van der Waals surface area contributed by atoms with Crippen LogP contribution >= 0.6 is 0 Å². The standard InChI is InChI=1S/C24H27FN4O3/c1-2-27-8-10-28(11-9-27)15-24(30)29-21(18-6-7-22-23(13-18)32-16-31-22)14-20(26-29)17-4-3-5-19(25)12-17/h3-7,12-13,21H,2,8-11,14-16H2,1H3/t21-/m1/s1. The van der Waals surface area contributed by atoms with E-state index in [9.17, 15) is 9.18 Å². The number of hydrogen-bond donors (Lipinski definition) is 0. The third-order valence-corrected chi connectivity index (χ3v) is 6.38. The molecule has 0 aromatic heterocycles. The average molecular weight is 439 g/mol. The largest absolute Gasteiger partial charge is 0.454 e. The monoisotopic (exact) mass is 438 g/mol. The van der Waals surface area contributed by atoms with Gasteiger partial charge in [-0.05, 0) is 36.4 Å². The summed E-state index contributed by atoms with van der Waals surface area (Å²) in [4.78, 5) is 17.9. The van der Waals surface area contributed by atoms with Crippen LogP contribution in [0.25, 0.3) is 0 Å². The first kappa shape index (κ1) is 20.9. The van der Waals surface area contributed by atoms with Crippen LogP contribution in [-0.2, 0) is 4.79 Å². The Morgan fingerprint density at radius 3 is 2.62 bits per heavy atom. The fraction of sp³-hybridized carbons (Fsp3) is 0.417. The lowest BCUT2D eigenvalue weighted by molar-refractivity contribution is -0.134. The Labute approximate surface area is 187 Å². The lowest BCUT2D eigenvalue weighted by atomic mass is 9.98. The number of nitrogens with zero attached hydrogens (tertiary/aromatic N) is 4. The lowest BCUT2D eigenvalue weighted by Gasteiger charge is -2.34. The van der Waals surface area contributed by atoms with Gasteiger partial charge < -0.3 is 14.4 Å². The molecular weight excluding hydrogens is 411 g/mol. The number of likely N-dealkylation sites (N-methyl/N-ethyl adjacent to an activating group) is 1. The predicted molar refractivity (Wildman–Crippen MR) is 118 cm³/mol. The zero-order valence-electron chi connectivity index (χ0n) is 18.2. The van der Waals surface area contributed by atoms with E-state index in [0.29, 0.717) is 35.7 Å². The van der Waals surface area contributed by atoms with Crippen LogP contribution in [0.2, 0.25) is 0 Å². The molecule has 2 aromatic carbocycles. The lowest BCUT2D eigenvalue weighted by Crippen LogP contribution is -2.49. The van der Waals surface area contributed by atoms with Crippen molar-refractivity contribution >= 4 is 11.6 Å². The van der Waals surface area contributed by atoms with Crippen molar-refractivity contribution in [2.75, 3.05) is 46.1 Å². The molecule has 0 N–H and O–H groups in total. The van der Waals surface area contributed by atoms with E-state index in [1.165, 1.54) is 12.1 Å². The fourth-order valence-electron chi connectivity index (χ4n) is 4.49. The fourth-order valence-corrected chi connectivity index (χ4v) is 4.49.